The maximum absolute atomic E-state index is 5.72. The Morgan fingerprint density at radius 1 is 1.26 bits per heavy atom. The van der Waals surface area contributed by atoms with Gasteiger partial charge in [0.1, 0.15) is 5.75 Å². The van der Waals surface area contributed by atoms with Crippen LogP contribution >= 0.6 is 31.9 Å². The highest BCUT2D eigenvalue weighted by atomic mass is 79.9. The molecule has 0 saturated heterocycles. The van der Waals surface area contributed by atoms with E-state index in [1.807, 2.05) is 6.07 Å². The minimum Gasteiger partial charge on any atom is -0.492 e. The lowest BCUT2D eigenvalue weighted by molar-refractivity contribution is 0.291. The second-order valence-electron chi connectivity index (χ2n) is 5.44. The van der Waals surface area contributed by atoms with Crippen molar-refractivity contribution >= 4 is 31.9 Å². The average Bonchev–Trinajstić information content (AvgIpc) is 2.93. The molecule has 1 aromatic carbocycles. The van der Waals surface area contributed by atoms with Gasteiger partial charge in [-0.15, -0.1) is 0 Å². The molecule has 0 amide bonds. The molecule has 2 nitrogen and oxygen atoms in total. The third kappa shape index (κ3) is 2.25. The van der Waals surface area contributed by atoms with Crippen molar-refractivity contribution in [3.63, 3.8) is 0 Å². The standard InChI is InChI=1S/C15H14Br2O2/c1-15(2)8-19-12-4-3-9(7-11(12)15)13(16)10-5-6-18-14(10)17/h3-7,13H,8H2,1-2H3. The van der Waals surface area contributed by atoms with Crippen molar-refractivity contribution in [1.82, 2.24) is 0 Å². The Hall–Kier alpha value is -0.740. The Morgan fingerprint density at radius 3 is 2.74 bits per heavy atom. The molecule has 0 spiro atoms. The Kier molecular flexibility index (Phi) is 3.26. The van der Waals surface area contributed by atoms with E-state index in [4.69, 9.17) is 9.15 Å². The number of rotatable bonds is 2. The summed E-state index contributed by atoms with van der Waals surface area (Å²) >= 11 is 7.17. The zero-order valence-electron chi connectivity index (χ0n) is 10.7. The van der Waals surface area contributed by atoms with Crippen molar-refractivity contribution in [1.29, 1.82) is 0 Å². The number of hydrogen-bond acceptors (Lipinski definition) is 2. The molecule has 1 aromatic heterocycles. The molecule has 100 valence electrons. The molecule has 1 unspecified atom stereocenters. The molecule has 1 atom stereocenters. The van der Waals surface area contributed by atoms with E-state index < -0.39 is 0 Å². The normalized spacial score (nSPS) is 17.9. The van der Waals surface area contributed by atoms with Crippen LogP contribution in [0.25, 0.3) is 0 Å². The summed E-state index contributed by atoms with van der Waals surface area (Å²) in [6.07, 6.45) is 1.69. The van der Waals surface area contributed by atoms with Crippen LogP contribution < -0.4 is 4.74 Å². The van der Waals surface area contributed by atoms with Gasteiger partial charge in [0.15, 0.2) is 4.67 Å². The molecule has 0 fully saturated rings. The topological polar surface area (TPSA) is 22.4 Å². The Balaban J connectivity index is 2.02. The van der Waals surface area contributed by atoms with E-state index in [2.05, 4.69) is 63.9 Å². The summed E-state index contributed by atoms with van der Waals surface area (Å²) in [5, 5.41) is 0. The predicted octanol–water partition coefficient (Wildman–Crippen LogP) is 5.20. The van der Waals surface area contributed by atoms with Crippen LogP contribution in [0.1, 0.15) is 35.4 Å². The molecule has 0 aliphatic carbocycles. The molecule has 4 heteroatoms. The molecule has 0 bridgehead atoms. The fourth-order valence-electron chi connectivity index (χ4n) is 2.36. The van der Waals surface area contributed by atoms with Gasteiger partial charge in [-0.1, -0.05) is 35.8 Å². The molecule has 2 heterocycles. The molecular weight excluding hydrogens is 372 g/mol. The van der Waals surface area contributed by atoms with Crippen molar-refractivity contribution in [2.45, 2.75) is 24.1 Å². The SMILES string of the molecule is CC1(C)COc2ccc(C(Br)c3ccoc3Br)cc21. The van der Waals surface area contributed by atoms with Crippen LogP contribution in [0, 0.1) is 0 Å². The second-order valence-corrected chi connectivity index (χ2v) is 7.08. The molecule has 3 rings (SSSR count). The van der Waals surface area contributed by atoms with Crippen molar-refractivity contribution in [3.8, 4) is 5.75 Å². The lowest BCUT2D eigenvalue weighted by Gasteiger charge is -2.17. The first-order valence-corrected chi connectivity index (χ1v) is 7.84. The van der Waals surface area contributed by atoms with Gasteiger partial charge < -0.3 is 9.15 Å². The molecule has 0 N–H and O–H groups in total. The van der Waals surface area contributed by atoms with E-state index in [1.54, 1.807) is 6.26 Å². The van der Waals surface area contributed by atoms with Gasteiger partial charge >= 0.3 is 0 Å². The maximum Gasteiger partial charge on any atom is 0.173 e. The summed E-state index contributed by atoms with van der Waals surface area (Å²) in [5.41, 5.74) is 3.65. The van der Waals surface area contributed by atoms with Crippen LogP contribution in [0.3, 0.4) is 0 Å². The summed E-state index contributed by atoms with van der Waals surface area (Å²) in [7, 11) is 0. The van der Waals surface area contributed by atoms with Crippen molar-refractivity contribution in [3.05, 3.63) is 51.9 Å². The molecular formula is C15H14Br2O2. The zero-order valence-corrected chi connectivity index (χ0v) is 13.9. The third-order valence-corrected chi connectivity index (χ3v) is 5.20. The van der Waals surface area contributed by atoms with E-state index in [0.717, 1.165) is 22.6 Å². The summed E-state index contributed by atoms with van der Waals surface area (Å²) in [5.74, 6) is 1.000. The van der Waals surface area contributed by atoms with Crippen molar-refractivity contribution in [2.24, 2.45) is 0 Å². The Morgan fingerprint density at radius 2 is 2.05 bits per heavy atom. The molecule has 0 saturated carbocycles. The van der Waals surface area contributed by atoms with Gasteiger partial charge in [-0.2, -0.15) is 0 Å². The van der Waals surface area contributed by atoms with Crippen LogP contribution in [0.15, 0.2) is 39.6 Å². The summed E-state index contributed by atoms with van der Waals surface area (Å²) in [6.45, 7) is 5.16. The summed E-state index contributed by atoms with van der Waals surface area (Å²) in [6, 6.07) is 8.35. The summed E-state index contributed by atoms with van der Waals surface area (Å²) in [4.78, 5) is 0.113. The average molecular weight is 386 g/mol. The quantitative estimate of drug-likeness (QED) is 0.663. The molecule has 2 aromatic rings. The molecule has 1 aliphatic rings. The number of furan rings is 1. The molecule has 1 aliphatic heterocycles. The van der Waals surface area contributed by atoms with E-state index >= 15 is 0 Å². The predicted molar refractivity (Wildman–Crippen MR) is 82.1 cm³/mol. The van der Waals surface area contributed by atoms with E-state index in [1.165, 1.54) is 11.1 Å². The van der Waals surface area contributed by atoms with E-state index in [-0.39, 0.29) is 10.2 Å². The number of alkyl halides is 1. The van der Waals surface area contributed by atoms with E-state index in [0.29, 0.717) is 0 Å². The van der Waals surface area contributed by atoms with Gasteiger partial charge in [-0.25, -0.2) is 0 Å². The van der Waals surface area contributed by atoms with Gasteiger partial charge in [0.25, 0.3) is 0 Å². The van der Waals surface area contributed by atoms with Crippen LogP contribution in [0.4, 0.5) is 0 Å². The number of halogens is 2. The zero-order chi connectivity index (χ0) is 13.6. The highest BCUT2D eigenvalue weighted by Gasteiger charge is 2.32. The largest absolute Gasteiger partial charge is 0.492 e. The lowest BCUT2D eigenvalue weighted by Crippen LogP contribution is -2.18. The first kappa shape index (κ1) is 13.3. The minimum atomic E-state index is 0.0751. The fraction of sp³-hybridized carbons (Fsp3) is 0.333. The van der Waals surface area contributed by atoms with E-state index in [9.17, 15) is 0 Å². The fourth-order valence-corrected chi connectivity index (χ4v) is 3.78. The maximum atomic E-state index is 5.72. The highest BCUT2D eigenvalue weighted by molar-refractivity contribution is 9.10. The number of benzene rings is 1. The molecule has 0 radical (unpaired) electrons. The van der Waals surface area contributed by atoms with Crippen molar-refractivity contribution < 1.29 is 9.15 Å². The number of fused-ring (bicyclic) bond motifs is 1. The lowest BCUT2D eigenvalue weighted by atomic mass is 9.85. The van der Waals surface area contributed by atoms with Gasteiger partial charge in [-0.3, -0.25) is 0 Å². The van der Waals surface area contributed by atoms with Crippen LogP contribution in [-0.4, -0.2) is 6.61 Å². The van der Waals surface area contributed by atoms with Crippen molar-refractivity contribution in [2.75, 3.05) is 6.61 Å². The van der Waals surface area contributed by atoms with Gasteiger partial charge in [0.05, 0.1) is 17.7 Å². The first-order chi connectivity index (χ1) is 8.99. The van der Waals surface area contributed by atoms with Gasteiger partial charge in [0.2, 0.25) is 0 Å². The molecule has 19 heavy (non-hydrogen) atoms. The smallest absolute Gasteiger partial charge is 0.173 e. The Labute approximate surface area is 129 Å². The number of ether oxygens (including phenoxy) is 1. The van der Waals surface area contributed by atoms with Gasteiger partial charge in [0, 0.05) is 16.5 Å². The monoisotopic (exact) mass is 384 g/mol. The highest BCUT2D eigenvalue weighted by Crippen LogP contribution is 2.43. The Bertz CT molecular complexity index is 616. The summed E-state index contributed by atoms with van der Waals surface area (Å²) < 4.78 is 11.8. The minimum absolute atomic E-state index is 0.0751. The van der Waals surface area contributed by atoms with Gasteiger partial charge in [-0.05, 0) is 39.7 Å². The third-order valence-electron chi connectivity index (χ3n) is 3.53. The van der Waals surface area contributed by atoms with Crippen LogP contribution in [-0.2, 0) is 5.41 Å². The van der Waals surface area contributed by atoms with Crippen LogP contribution in [0.2, 0.25) is 0 Å². The van der Waals surface area contributed by atoms with Crippen LogP contribution in [0.5, 0.6) is 5.75 Å². The second kappa shape index (κ2) is 4.67. The number of hydrogen-bond donors (Lipinski definition) is 0. The first-order valence-electron chi connectivity index (χ1n) is 6.13.